The first-order chi connectivity index (χ1) is 12.0. The highest BCUT2D eigenvalue weighted by Crippen LogP contribution is 2.37. The third-order valence-corrected chi connectivity index (χ3v) is 4.88. The number of nitrogens with zero attached hydrogens (tertiary/aromatic N) is 3. The molecule has 1 saturated heterocycles. The minimum atomic E-state index is -0.983. The molecule has 5 nitrogen and oxygen atoms in total. The van der Waals surface area contributed by atoms with Crippen LogP contribution in [0.2, 0.25) is 0 Å². The van der Waals surface area contributed by atoms with Crippen molar-refractivity contribution >= 4 is 11.0 Å². The van der Waals surface area contributed by atoms with Gasteiger partial charge in [0.1, 0.15) is 30.1 Å². The molecule has 6 heteroatoms. The molecule has 2 aromatic heterocycles. The second kappa shape index (κ2) is 6.20. The monoisotopic (exact) mass is 341 g/mol. The highest BCUT2D eigenvalue weighted by atomic mass is 19.1. The van der Waals surface area contributed by atoms with Gasteiger partial charge < -0.3 is 14.4 Å². The number of hydrogen-bond acceptors (Lipinski definition) is 4. The smallest absolute Gasteiger partial charge is 0.145 e. The van der Waals surface area contributed by atoms with Crippen molar-refractivity contribution in [1.29, 1.82) is 0 Å². The first-order valence-electron chi connectivity index (χ1n) is 8.42. The third kappa shape index (κ3) is 2.81. The highest BCUT2D eigenvalue weighted by Gasteiger charge is 2.34. The molecular weight excluding hydrogens is 321 g/mol. The number of halogens is 1. The molecule has 0 saturated carbocycles. The summed E-state index contributed by atoms with van der Waals surface area (Å²) in [5, 5.41) is 11.6. The maximum absolute atomic E-state index is 14.1. The Balaban J connectivity index is 1.57. The predicted molar refractivity (Wildman–Crippen MR) is 91.5 cm³/mol. The summed E-state index contributed by atoms with van der Waals surface area (Å²) in [6.07, 6.45) is 3.21. The number of fused-ring (bicyclic) bond motifs is 1. The maximum atomic E-state index is 14.1. The van der Waals surface area contributed by atoms with Crippen molar-refractivity contribution in [2.75, 3.05) is 0 Å². The van der Waals surface area contributed by atoms with Gasteiger partial charge in [-0.05, 0) is 44.4 Å². The Morgan fingerprint density at radius 2 is 2.08 bits per heavy atom. The van der Waals surface area contributed by atoms with Crippen molar-refractivity contribution in [3.05, 3.63) is 59.4 Å². The highest BCUT2D eigenvalue weighted by molar-refractivity contribution is 5.78. The van der Waals surface area contributed by atoms with Crippen LogP contribution >= 0.6 is 0 Å². The van der Waals surface area contributed by atoms with Crippen LogP contribution < -0.4 is 0 Å². The molecule has 3 heterocycles. The maximum Gasteiger partial charge on any atom is 0.145 e. The van der Waals surface area contributed by atoms with Gasteiger partial charge in [-0.1, -0.05) is 12.1 Å². The van der Waals surface area contributed by atoms with Crippen LogP contribution in [0, 0.1) is 19.7 Å². The Labute approximate surface area is 145 Å². The minimum absolute atomic E-state index is 0.222. The molecule has 0 radical (unpaired) electrons. The second-order valence-electron chi connectivity index (χ2n) is 6.60. The molecule has 0 aliphatic carbocycles. The summed E-state index contributed by atoms with van der Waals surface area (Å²) in [7, 11) is 0. The SMILES string of the molecule is Cc1ccc(C(O)C2CCC(n3ccc4c(C)ncnc43)O2)c(F)c1. The fourth-order valence-electron chi connectivity index (χ4n) is 3.48. The van der Waals surface area contributed by atoms with Crippen molar-refractivity contribution < 1.29 is 14.2 Å². The summed E-state index contributed by atoms with van der Waals surface area (Å²) in [4.78, 5) is 8.55. The van der Waals surface area contributed by atoms with Gasteiger partial charge in [-0.2, -0.15) is 0 Å². The molecule has 4 rings (SSSR count). The normalized spacial score (nSPS) is 21.8. The zero-order valence-electron chi connectivity index (χ0n) is 14.2. The minimum Gasteiger partial charge on any atom is -0.386 e. The van der Waals surface area contributed by atoms with E-state index in [0.717, 1.165) is 28.7 Å². The van der Waals surface area contributed by atoms with Crippen LogP contribution in [-0.2, 0) is 4.74 Å². The molecule has 1 aliphatic rings. The lowest BCUT2D eigenvalue weighted by Gasteiger charge is -2.21. The van der Waals surface area contributed by atoms with Gasteiger partial charge in [0.25, 0.3) is 0 Å². The molecule has 1 N–H and O–H groups in total. The van der Waals surface area contributed by atoms with Crippen molar-refractivity contribution in [1.82, 2.24) is 14.5 Å². The number of rotatable bonds is 3. The van der Waals surface area contributed by atoms with Gasteiger partial charge in [0.15, 0.2) is 0 Å². The third-order valence-electron chi connectivity index (χ3n) is 4.88. The fourth-order valence-corrected chi connectivity index (χ4v) is 3.48. The Morgan fingerprint density at radius 1 is 1.24 bits per heavy atom. The number of aryl methyl sites for hydroxylation is 2. The van der Waals surface area contributed by atoms with Gasteiger partial charge in [0.05, 0.1) is 11.8 Å². The van der Waals surface area contributed by atoms with Crippen LogP contribution in [0.4, 0.5) is 4.39 Å². The van der Waals surface area contributed by atoms with Gasteiger partial charge in [-0.15, -0.1) is 0 Å². The number of benzene rings is 1. The largest absolute Gasteiger partial charge is 0.386 e. The lowest BCUT2D eigenvalue weighted by molar-refractivity contribution is -0.0600. The van der Waals surface area contributed by atoms with Gasteiger partial charge in [-0.3, -0.25) is 0 Å². The van der Waals surface area contributed by atoms with Crippen LogP contribution in [-0.4, -0.2) is 25.7 Å². The molecule has 0 bridgehead atoms. The van der Waals surface area contributed by atoms with E-state index in [4.69, 9.17) is 4.74 Å². The molecule has 3 unspecified atom stereocenters. The standard InChI is InChI=1S/C19H20FN3O2/c1-11-3-4-14(15(20)9-11)18(24)16-5-6-17(25-16)23-8-7-13-12(2)21-10-22-19(13)23/h3-4,7-10,16-18,24H,5-6H2,1-2H3. The summed E-state index contributed by atoms with van der Waals surface area (Å²) in [6, 6.07) is 6.84. The lowest BCUT2D eigenvalue weighted by atomic mass is 10.0. The molecule has 25 heavy (non-hydrogen) atoms. The number of aliphatic hydroxyl groups is 1. The summed E-state index contributed by atoms with van der Waals surface area (Å²) in [5.74, 6) is -0.394. The van der Waals surface area contributed by atoms with E-state index in [2.05, 4.69) is 9.97 Å². The number of aromatic nitrogens is 3. The average molecular weight is 341 g/mol. The molecule has 1 aromatic carbocycles. The fraction of sp³-hybridized carbons (Fsp3) is 0.368. The first-order valence-corrected chi connectivity index (χ1v) is 8.42. The van der Waals surface area contributed by atoms with Crippen molar-refractivity contribution in [3.8, 4) is 0 Å². The van der Waals surface area contributed by atoms with Gasteiger partial charge >= 0.3 is 0 Å². The summed E-state index contributed by atoms with van der Waals surface area (Å²) < 4.78 is 22.1. The second-order valence-corrected chi connectivity index (χ2v) is 6.60. The lowest BCUT2D eigenvalue weighted by Crippen LogP contribution is -2.20. The number of hydrogen-bond donors (Lipinski definition) is 1. The Morgan fingerprint density at radius 3 is 2.88 bits per heavy atom. The van der Waals surface area contributed by atoms with Crippen LogP contribution in [0.3, 0.4) is 0 Å². The van der Waals surface area contributed by atoms with E-state index in [1.54, 1.807) is 12.1 Å². The van der Waals surface area contributed by atoms with E-state index >= 15 is 0 Å². The molecule has 3 atom stereocenters. The Kier molecular flexibility index (Phi) is 4.01. The van der Waals surface area contributed by atoms with E-state index in [-0.39, 0.29) is 11.8 Å². The molecule has 0 amide bonds. The van der Waals surface area contributed by atoms with Crippen LogP contribution in [0.5, 0.6) is 0 Å². The summed E-state index contributed by atoms with van der Waals surface area (Å²) in [6.45, 7) is 3.76. The van der Waals surface area contributed by atoms with Gasteiger partial charge in [-0.25, -0.2) is 14.4 Å². The molecule has 0 spiro atoms. The summed E-state index contributed by atoms with van der Waals surface area (Å²) in [5.41, 5.74) is 2.84. The Bertz CT molecular complexity index is 924. The molecular formula is C19H20FN3O2. The Hall–Kier alpha value is -2.31. The quantitative estimate of drug-likeness (QED) is 0.791. The molecule has 130 valence electrons. The first kappa shape index (κ1) is 16.2. The predicted octanol–water partition coefficient (Wildman–Crippen LogP) is 3.60. The molecule has 1 fully saturated rings. The van der Waals surface area contributed by atoms with E-state index in [9.17, 15) is 9.50 Å². The van der Waals surface area contributed by atoms with Crippen molar-refractivity contribution in [2.45, 2.75) is 45.1 Å². The molecule has 1 aliphatic heterocycles. The number of aliphatic hydroxyl groups excluding tert-OH is 1. The van der Waals surface area contributed by atoms with Gasteiger partial charge in [0.2, 0.25) is 0 Å². The van der Waals surface area contributed by atoms with Crippen molar-refractivity contribution in [2.24, 2.45) is 0 Å². The van der Waals surface area contributed by atoms with E-state index in [0.29, 0.717) is 6.42 Å². The van der Waals surface area contributed by atoms with Crippen LogP contribution in [0.25, 0.3) is 11.0 Å². The number of ether oxygens (including phenoxy) is 1. The van der Waals surface area contributed by atoms with Gasteiger partial charge in [0, 0.05) is 17.1 Å². The summed E-state index contributed by atoms with van der Waals surface area (Å²) >= 11 is 0. The van der Waals surface area contributed by atoms with Crippen LogP contribution in [0.1, 0.15) is 42.0 Å². The van der Waals surface area contributed by atoms with E-state index in [1.165, 1.54) is 12.4 Å². The van der Waals surface area contributed by atoms with Crippen LogP contribution in [0.15, 0.2) is 36.8 Å². The van der Waals surface area contributed by atoms with Crippen molar-refractivity contribution in [3.63, 3.8) is 0 Å². The average Bonchev–Trinajstić information content (AvgIpc) is 3.21. The molecule has 3 aromatic rings. The zero-order chi connectivity index (χ0) is 17.6. The van der Waals surface area contributed by atoms with E-state index in [1.807, 2.05) is 30.7 Å². The van der Waals surface area contributed by atoms with E-state index < -0.39 is 18.0 Å². The zero-order valence-corrected chi connectivity index (χ0v) is 14.2. The topological polar surface area (TPSA) is 60.2 Å².